The third-order valence-corrected chi connectivity index (χ3v) is 3.35. The van der Waals surface area contributed by atoms with E-state index in [1.165, 1.54) is 12.1 Å². The third-order valence-electron chi connectivity index (χ3n) is 2.23. The summed E-state index contributed by atoms with van der Waals surface area (Å²) >= 11 is 7.98. The summed E-state index contributed by atoms with van der Waals surface area (Å²) in [4.78, 5) is 0. The van der Waals surface area contributed by atoms with Crippen LogP contribution in [0.25, 0.3) is 0 Å². The highest BCUT2D eigenvalue weighted by molar-refractivity contribution is 14.1. The molecule has 0 radical (unpaired) electrons. The fourth-order valence-electron chi connectivity index (χ4n) is 1.37. The van der Waals surface area contributed by atoms with Gasteiger partial charge in [0.05, 0.1) is 3.57 Å². The minimum atomic E-state index is -0.305. The second-order valence-corrected chi connectivity index (χ2v) is 5.05. The Hall–Kier alpha value is -0.810. The maximum absolute atomic E-state index is 13.4. The molecule has 17 heavy (non-hydrogen) atoms. The Bertz CT molecular complexity index is 531. The maximum Gasteiger partial charge on any atom is 0.133 e. The van der Waals surface area contributed by atoms with E-state index in [4.69, 9.17) is 16.3 Å². The van der Waals surface area contributed by atoms with Crippen molar-refractivity contribution in [1.29, 1.82) is 0 Å². The second-order valence-electron chi connectivity index (χ2n) is 3.45. The molecule has 2 aromatic carbocycles. The van der Waals surface area contributed by atoms with Crippen LogP contribution < -0.4 is 4.74 Å². The van der Waals surface area contributed by atoms with Gasteiger partial charge in [-0.05, 0) is 52.9 Å². The minimum Gasteiger partial charge on any atom is -0.488 e. The minimum absolute atomic E-state index is 0.173. The summed E-state index contributed by atoms with van der Waals surface area (Å²) in [6.07, 6.45) is 0. The van der Waals surface area contributed by atoms with Crippen LogP contribution in [-0.2, 0) is 6.61 Å². The lowest BCUT2D eigenvalue weighted by Crippen LogP contribution is -1.99. The van der Waals surface area contributed by atoms with Gasteiger partial charge in [0.1, 0.15) is 18.2 Å². The lowest BCUT2D eigenvalue weighted by atomic mass is 10.2. The Morgan fingerprint density at radius 3 is 2.71 bits per heavy atom. The van der Waals surface area contributed by atoms with Crippen molar-refractivity contribution in [3.8, 4) is 5.75 Å². The zero-order chi connectivity index (χ0) is 12.3. The predicted molar refractivity (Wildman–Crippen MR) is 74.9 cm³/mol. The third kappa shape index (κ3) is 3.33. The summed E-state index contributed by atoms with van der Waals surface area (Å²) in [5.74, 6) is 0.438. The lowest BCUT2D eigenvalue weighted by molar-refractivity contribution is 0.298. The van der Waals surface area contributed by atoms with Gasteiger partial charge in [-0.15, -0.1) is 0 Å². The summed E-state index contributed by atoms with van der Waals surface area (Å²) < 4.78 is 20.0. The highest BCUT2D eigenvalue weighted by atomic mass is 127. The van der Waals surface area contributed by atoms with Crippen molar-refractivity contribution in [2.24, 2.45) is 0 Å². The first-order chi connectivity index (χ1) is 8.16. The molecule has 4 heteroatoms. The molecule has 0 aromatic heterocycles. The fourth-order valence-corrected chi connectivity index (χ4v) is 2.11. The smallest absolute Gasteiger partial charge is 0.133 e. The van der Waals surface area contributed by atoms with E-state index in [1.807, 2.05) is 24.3 Å². The van der Waals surface area contributed by atoms with Crippen molar-refractivity contribution in [2.45, 2.75) is 6.61 Å². The van der Waals surface area contributed by atoms with Crippen LogP contribution in [0.1, 0.15) is 5.56 Å². The number of para-hydroxylation sites is 1. The summed E-state index contributed by atoms with van der Waals surface area (Å²) in [6, 6.07) is 12.0. The molecule has 0 heterocycles. The molecule has 0 aliphatic carbocycles. The molecule has 88 valence electrons. The Morgan fingerprint density at radius 2 is 1.94 bits per heavy atom. The molecule has 0 N–H and O–H groups in total. The molecule has 0 aliphatic rings. The van der Waals surface area contributed by atoms with Gasteiger partial charge in [-0.25, -0.2) is 4.39 Å². The van der Waals surface area contributed by atoms with Gasteiger partial charge in [0.15, 0.2) is 0 Å². The first-order valence-corrected chi connectivity index (χ1v) is 6.44. The molecular weight excluding hydrogens is 353 g/mol. The molecule has 0 fully saturated rings. The standard InChI is InChI=1S/C13H9ClFIO/c14-10-5-6-11(15)9(7-10)8-17-13-4-2-1-3-12(13)16/h1-7H,8H2. The van der Waals surface area contributed by atoms with Crippen LogP contribution in [0, 0.1) is 9.39 Å². The number of ether oxygens (including phenoxy) is 1. The quantitative estimate of drug-likeness (QED) is 0.722. The first-order valence-electron chi connectivity index (χ1n) is 4.98. The molecule has 0 spiro atoms. The Balaban J connectivity index is 2.12. The van der Waals surface area contributed by atoms with Crippen molar-refractivity contribution in [3.05, 3.63) is 62.4 Å². The number of rotatable bonds is 3. The molecule has 0 bridgehead atoms. The summed E-state index contributed by atoms with van der Waals surface area (Å²) in [7, 11) is 0. The fraction of sp³-hybridized carbons (Fsp3) is 0.0769. The van der Waals surface area contributed by atoms with Gasteiger partial charge >= 0.3 is 0 Å². The Kier molecular flexibility index (Phi) is 4.23. The van der Waals surface area contributed by atoms with E-state index in [2.05, 4.69) is 22.6 Å². The van der Waals surface area contributed by atoms with Gasteiger partial charge in [-0.1, -0.05) is 23.7 Å². The zero-order valence-corrected chi connectivity index (χ0v) is 11.7. The van der Waals surface area contributed by atoms with Gasteiger partial charge < -0.3 is 4.74 Å². The Morgan fingerprint density at radius 1 is 1.18 bits per heavy atom. The van der Waals surface area contributed by atoms with E-state index in [-0.39, 0.29) is 12.4 Å². The lowest BCUT2D eigenvalue weighted by Gasteiger charge is -2.08. The van der Waals surface area contributed by atoms with E-state index in [1.54, 1.807) is 6.07 Å². The highest BCUT2D eigenvalue weighted by Gasteiger charge is 2.05. The van der Waals surface area contributed by atoms with Gasteiger partial charge in [0.25, 0.3) is 0 Å². The SMILES string of the molecule is Fc1ccc(Cl)cc1COc1ccccc1I. The van der Waals surface area contributed by atoms with Crippen molar-refractivity contribution in [2.75, 3.05) is 0 Å². The maximum atomic E-state index is 13.4. The monoisotopic (exact) mass is 362 g/mol. The van der Waals surface area contributed by atoms with Crippen LogP contribution in [-0.4, -0.2) is 0 Å². The van der Waals surface area contributed by atoms with Crippen LogP contribution in [0.4, 0.5) is 4.39 Å². The molecule has 0 atom stereocenters. The van der Waals surface area contributed by atoms with Crippen LogP contribution in [0.15, 0.2) is 42.5 Å². The van der Waals surface area contributed by atoms with E-state index in [0.717, 1.165) is 9.32 Å². The molecule has 2 aromatic rings. The average molecular weight is 363 g/mol. The molecular formula is C13H9ClFIO. The van der Waals surface area contributed by atoms with Crippen molar-refractivity contribution in [1.82, 2.24) is 0 Å². The molecule has 2 rings (SSSR count). The van der Waals surface area contributed by atoms with Gasteiger partial charge in [0, 0.05) is 10.6 Å². The molecule has 0 amide bonds. The topological polar surface area (TPSA) is 9.23 Å². The van der Waals surface area contributed by atoms with Crippen molar-refractivity contribution in [3.63, 3.8) is 0 Å². The molecule has 0 aliphatic heterocycles. The van der Waals surface area contributed by atoms with Crippen LogP contribution >= 0.6 is 34.2 Å². The molecule has 0 unspecified atom stereocenters. The van der Waals surface area contributed by atoms with E-state index >= 15 is 0 Å². The molecule has 1 nitrogen and oxygen atoms in total. The number of halogens is 3. The van der Waals surface area contributed by atoms with Crippen molar-refractivity contribution < 1.29 is 9.13 Å². The number of hydrogen-bond donors (Lipinski definition) is 0. The van der Waals surface area contributed by atoms with E-state index in [9.17, 15) is 4.39 Å². The molecule has 0 saturated heterocycles. The normalized spacial score (nSPS) is 10.3. The van der Waals surface area contributed by atoms with Crippen molar-refractivity contribution >= 4 is 34.2 Å². The van der Waals surface area contributed by atoms with Crippen LogP contribution in [0.5, 0.6) is 5.75 Å². The largest absolute Gasteiger partial charge is 0.488 e. The Labute approximate surface area is 118 Å². The first kappa shape index (κ1) is 12.6. The summed E-state index contributed by atoms with van der Waals surface area (Å²) in [6.45, 7) is 0.173. The second kappa shape index (κ2) is 5.69. The van der Waals surface area contributed by atoms with Crippen LogP contribution in [0.3, 0.4) is 0 Å². The van der Waals surface area contributed by atoms with Gasteiger partial charge in [-0.3, -0.25) is 0 Å². The predicted octanol–water partition coefficient (Wildman–Crippen LogP) is 4.66. The van der Waals surface area contributed by atoms with Crippen LogP contribution in [0.2, 0.25) is 5.02 Å². The number of hydrogen-bond acceptors (Lipinski definition) is 1. The number of benzene rings is 2. The van der Waals surface area contributed by atoms with Gasteiger partial charge in [0.2, 0.25) is 0 Å². The van der Waals surface area contributed by atoms with E-state index < -0.39 is 0 Å². The average Bonchev–Trinajstić information content (AvgIpc) is 2.32. The molecule has 0 saturated carbocycles. The summed E-state index contributed by atoms with van der Waals surface area (Å²) in [5, 5.41) is 0.507. The van der Waals surface area contributed by atoms with Gasteiger partial charge in [-0.2, -0.15) is 0 Å². The van der Waals surface area contributed by atoms with E-state index in [0.29, 0.717) is 10.6 Å². The highest BCUT2D eigenvalue weighted by Crippen LogP contribution is 2.22. The summed E-state index contributed by atoms with van der Waals surface area (Å²) in [5.41, 5.74) is 0.456. The zero-order valence-electron chi connectivity index (χ0n) is 8.79.